The molecule has 3 aromatic rings. The molecular formula is C25H31N5OS. The highest BCUT2D eigenvalue weighted by atomic mass is 32.1. The van der Waals surface area contributed by atoms with Gasteiger partial charge in [0.25, 0.3) is 0 Å². The van der Waals surface area contributed by atoms with Gasteiger partial charge in [0.1, 0.15) is 5.69 Å². The Morgan fingerprint density at radius 3 is 2.50 bits per heavy atom. The zero-order chi connectivity index (χ0) is 22.5. The smallest absolute Gasteiger partial charge is 0.227 e. The fourth-order valence-corrected chi connectivity index (χ4v) is 4.92. The molecular weight excluding hydrogens is 418 g/mol. The highest BCUT2D eigenvalue weighted by Gasteiger charge is 2.26. The lowest BCUT2D eigenvalue weighted by atomic mass is 9.95. The first-order valence-corrected chi connectivity index (χ1v) is 12.3. The number of nitrogens with zero attached hydrogens (tertiary/aromatic N) is 4. The largest absolute Gasteiger partial charge is 0.372 e. The third-order valence-electron chi connectivity index (χ3n) is 6.21. The van der Waals surface area contributed by atoms with Crippen LogP contribution >= 0.6 is 11.3 Å². The van der Waals surface area contributed by atoms with Gasteiger partial charge in [-0.05, 0) is 81.0 Å². The van der Waals surface area contributed by atoms with Gasteiger partial charge in [0.05, 0.1) is 4.88 Å². The minimum absolute atomic E-state index is 0.0199. The van der Waals surface area contributed by atoms with Gasteiger partial charge < -0.3 is 15.1 Å². The van der Waals surface area contributed by atoms with Crippen molar-refractivity contribution in [1.82, 2.24) is 10.2 Å². The van der Waals surface area contributed by atoms with Crippen molar-refractivity contribution >= 4 is 34.4 Å². The number of aryl methyl sites for hydroxylation is 1. The van der Waals surface area contributed by atoms with E-state index in [1.165, 1.54) is 5.69 Å². The Balaban J connectivity index is 1.33. The van der Waals surface area contributed by atoms with Crippen molar-refractivity contribution in [3.63, 3.8) is 0 Å². The van der Waals surface area contributed by atoms with Crippen molar-refractivity contribution in [2.45, 2.75) is 33.6 Å². The maximum atomic E-state index is 12.9. The minimum Gasteiger partial charge on any atom is -0.372 e. The van der Waals surface area contributed by atoms with Gasteiger partial charge in [-0.3, -0.25) is 4.79 Å². The summed E-state index contributed by atoms with van der Waals surface area (Å²) in [6.07, 6.45) is 1.63. The van der Waals surface area contributed by atoms with Crippen LogP contribution in [0.4, 0.5) is 17.2 Å². The maximum Gasteiger partial charge on any atom is 0.227 e. The summed E-state index contributed by atoms with van der Waals surface area (Å²) in [6.45, 7) is 9.94. The number of hydrogen-bond acceptors (Lipinski definition) is 6. The van der Waals surface area contributed by atoms with Crippen LogP contribution in [0, 0.1) is 12.8 Å². The van der Waals surface area contributed by atoms with Crippen LogP contribution in [-0.2, 0) is 4.79 Å². The predicted molar refractivity (Wildman–Crippen MR) is 134 cm³/mol. The Labute approximate surface area is 194 Å². The second-order valence-corrected chi connectivity index (χ2v) is 9.12. The molecule has 0 atom stereocenters. The van der Waals surface area contributed by atoms with Crippen LogP contribution in [0.25, 0.3) is 10.6 Å². The lowest BCUT2D eigenvalue weighted by molar-refractivity contribution is -0.120. The molecule has 6 nitrogen and oxygen atoms in total. The van der Waals surface area contributed by atoms with Crippen LogP contribution in [-0.4, -0.2) is 42.3 Å². The summed E-state index contributed by atoms with van der Waals surface area (Å²) in [5.41, 5.74) is 4.11. The van der Waals surface area contributed by atoms with E-state index >= 15 is 0 Å². The van der Waals surface area contributed by atoms with Gasteiger partial charge in [-0.25, -0.2) is 0 Å². The van der Waals surface area contributed by atoms with E-state index in [1.54, 1.807) is 11.3 Å². The van der Waals surface area contributed by atoms with Crippen molar-refractivity contribution in [2.75, 3.05) is 41.3 Å². The third-order valence-corrected chi connectivity index (χ3v) is 7.10. The number of hydrogen-bond donors (Lipinski definition) is 1. The van der Waals surface area contributed by atoms with E-state index in [2.05, 4.69) is 64.3 Å². The average Bonchev–Trinajstić information content (AvgIpc) is 3.37. The van der Waals surface area contributed by atoms with E-state index in [-0.39, 0.29) is 11.8 Å². The second kappa shape index (κ2) is 10.1. The molecule has 1 amide bonds. The Morgan fingerprint density at radius 2 is 1.91 bits per heavy atom. The summed E-state index contributed by atoms with van der Waals surface area (Å²) >= 11 is 1.66. The summed E-state index contributed by atoms with van der Waals surface area (Å²) in [5, 5.41) is 14.0. The van der Waals surface area contributed by atoms with Crippen molar-refractivity contribution in [3.8, 4) is 10.6 Å². The minimum atomic E-state index is 0.0199. The van der Waals surface area contributed by atoms with Gasteiger partial charge in [0.2, 0.25) is 5.91 Å². The number of piperidine rings is 1. The fourth-order valence-electron chi connectivity index (χ4n) is 4.23. The Kier molecular flexibility index (Phi) is 7.05. The standard InChI is InChI=1S/C25H31N5OS/c1-4-29(5-2)20-8-9-21(18(3)17-20)26-25(31)19-12-14-30(15-13-19)24-11-10-22(27-28-24)23-7-6-16-32-23/h6-11,16-17,19H,4-5,12-15H2,1-3H3,(H,26,31). The molecule has 0 radical (unpaired) electrons. The quantitative estimate of drug-likeness (QED) is 0.536. The molecule has 3 heterocycles. The molecule has 1 saturated heterocycles. The van der Waals surface area contributed by atoms with E-state index in [4.69, 9.17) is 0 Å². The number of carbonyl (C=O) groups is 1. The lowest BCUT2D eigenvalue weighted by Crippen LogP contribution is -2.38. The van der Waals surface area contributed by atoms with Crippen molar-refractivity contribution in [1.29, 1.82) is 0 Å². The maximum absolute atomic E-state index is 12.9. The summed E-state index contributed by atoms with van der Waals surface area (Å²) in [5.74, 6) is 1.01. The monoisotopic (exact) mass is 449 g/mol. The molecule has 0 saturated carbocycles. The zero-order valence-corrected chi connectivity index (χ0v) is 19.9. The molecule has 168 valence electrons. The summed E-state index contributed by atoms with van der Waals surface area (Å²) < 4.78 is 0. The van der Waals surface area contributed by atoms with Crippen LogP contribution in [0.5, 0.6) is 0 Å². The van der Waals surface area contributed by atoms with Crippen LogP contribution in [0.3, 0.4) is 0 Å². The Bertz CT molecular complexity index is 1020. The molecule has 1 N–H and O–H groups in total. The highest BCUT2D eigenvalue weighted by Crippen LogP contribution is 2.27. The number of carbonyl (C=O) groups excluding carboxylic acids is 1. The predicted octanol–water partition coefficient (Wildman–Crippen LogP) is 5.21. The zero-order valence-electron chi connectivity index (χ0n) is 19.0. The van der Waals surface area contributed by atoms with E-state index in [9.17, 15) is 4.79 Å². The first-order valence-electron chi connectivity index (χ1n) is 11.4. The first kappa shape index (κ1) is 22.3. The lowest BCUT2D eigenvalue weighted by Gasteiger charge is -2.32. The van der Waals surface area contributed by atoms with E-state index < -0.39 is 0 Å². The summed E-state index contributed by atoms with van der Waals surface area (Å²) in [4.78, 5) is 18.6. The molecule has 0 spiro atoms. The van der Waals surface area contributed by atoms with E-state index in [0.29, 0.717) is 0 Å². The summed E-state index contributed by atoms with van der Waals surface area (Å²) in [6, 6.07) is 14.4. The van der Waals surface area contributed by atoms with Gasteiger partial charge in [0.15, 0.2) is 5.82 Å². The molecule has 7 heteroatoms. The first-order chi connectivity index (χ1) is 15.6. The number of rotatable bonds is 7. The number of anilines is 3. The number of aromatic nitrogens is 2. The van der Waals surface area contributed by atoms with Crippen LogP contribution < -0.4 is 15.1 Å². The normalized spacial score (nSPS) is 14.4. The Hall–Kier alpha value is -2.93. The second-order valence-electron chi connectivity index (χ2n) is 8.18. The third kappa shape index (κ3) is 4.93. The van der Waals surface area contributed by atoms with Crippen molar-refractivity contribution in [3.05, 3.63) is 53.4 Å². The van der Waals surface area contributed by atoms with Crippen LogP contribution in [0.2, 0.25) is 0 Å². The molecule has 32 heavy (non-hydrogen) atoms. The molecule has 0 bridgehead atoms. The van der Waals surface area contributed by atoms with Gasteiger partial charge >= 0.3 is 0 Å². The molecule has 0 aliphatic carbocycles. The van der Waals surface area contributed by atoms with E-state index in [0.717, 1.165) is 66.7 Å². The topological polar surface area (TPSA) is 61.4 Å². The highest BCUT2D eigenvalue weighted by molar-refractivity contribution is 7.13. The number of amides is 1. The number of thiophene rings is 1. The molecule has 1 aliphatic rings. The fraction of sp³-hybridized carbons (Fsp3) is 0.400. The number of benzene rings is 1. The molecule has 4 rings (SSSR count). The van der Waals surface area contributed by atoms with Gasteiger partial charge in [-0.2, -0.15) is 0 Å². The van der Waals surface area contributed by atoms with Crippen LogP contribution in [0.15, 0.2) is 47.8 Å². The molecule has 2 aromatic heterocycles. The summed E-state index contributed by atoms with van der Waals surface area (Å²) in [7, 11) is 0. The van der Waals surface area contributed by atoms with Gasteiger partial charge in [-0.15, -0.1) is 21.5 Å². The van der Waals surface area contributed by atoms with Crippen molar-refractivity contribution in [2.24, 2.45) is 5.92 Å². The van der Waals surface area contributed by atoms with Crippen molar-refractivity contribution < 1.29 is 4.79 Å². The molecule has 1 aliphatic heterocycles. The molecule has 1 aromatic carbocycles. The van der Waals surface area contributed by atoms with Gasteiger partial charge in [0, 0.05) is 43.5 Å². The molecule has 1 fully saturated rings. The number of nitrogens with one attached hydrogen (secondary N) is 1. The molecule has 0 unspecified atom stereocenters. The van der Waals surface area contributed by atoms with E-state index in [1.807, 2.05) is 29.6 Å². The average molecular weight is 450 g/mol. The Morgan fingerprint density at radius 1 is 1.12 bits per heavy atom. The van der Waals surface area contributed by atoms with Gasteiger partial charge in [-0.1, -0.05) is 6.07 Å². The van der Waals surface area contributed by atoms with Crippen LogP contribution in [0.1, 0.15) is 32.3 Å². The SMILES string of the molecule is CCN(CC)c1ccc(NC(=O)C2CCN(c3ccc(-c4cccs4)nn3)CC2)c(C)c1.